The van der Waals surface area contributed by atoms with Crippen molar-refractivity contribution in [1.29, 1.82) is 0 Å². The number of aromatic nitrogens is 2. The van der Waals surface area contributed by atoms with Gasteiger partial charge in [-0.3, -0.25) is 4.90 Å². The molecular formula is C15H22N3O. The molecule has 3 atom stereocenters. The zero-order valence-electron chi connectivity index (χ0n) is 11.5. The van der Waals surface area contributed by atoms with E-state index in [1.165, 1.54) is 19.5 Å². The molecule has 0 saturated carbocycles. The maximum atomic E-state index is 5.36. The summed E-state index contributed by atoms with van der Waals surface area (Å²) in [5.74, 6) is 3.29. The van der Waals surface area contributed by atoms with Gasteiger partial charge in [0.2, 0.25) is 0 Å². The highest BCUT2D eigenvalue weighted by molar-refractivity contribution is 4.93. The van der Waals surface area contributed by atoms with E-state index in [1.807, 2.05) is 25.1 Å². The van der Waals surface area contributed by atoms with Crippen LogP contribution in [0.25, 0.3) is 0 Å². The topological polar surface area (TPSA) is 38.2 Å². The first-order valence-electron chi connectivity index (χ1n) is 7.24. The van der Waals surface area contributed by atoms with E-state index in [0.717, 1.165) is 43.2 Å². The van der Waals surface area contributed by atoms with E-state index in [-0.39, 0.29) is 0 Å². The van der Waals surface area contributed by atoms with Gasteiger partial charge in [0.25, 0.3) is 0 Å². The lowest BCUT2D eigenvalue weighted by molar-refractivity contribution is 0.0893. The molecule has 0 aromatic carbocycles. The van der Waals surface area contributed by atoms with Crippen LogP contribution in [0.2, 0.25) is 0 Å². The second kappa shape index (κ2) is 5.97. The van der Waals surface area contributed by atoms with Crippen LogP contribution in [0.1, 0.15) is 25.6 Å². The third-order valence-electron chi connectivity index (χ3n) is 4.46. The van der Waals surface area contributed by atoms with Crippen LogP contribution in [0.5, 0.6) is 0 Å². The Morgan fingerprint density at radius 2 is 2.16 bits per heavy atom. The molecule has 1 radical (unpaired) electrons. The maximum absolute atomic E-state index is 5.36. The summed E-state index contributed by atoms with van der Waals surface area (Å²) in [5, 5.41) is 0. The summed E-state index contributed by atoms with van der Waals surface area (Å²) in [6.45, 7) is 8.51. The fraction of sp³-hybridized carbons (Fsp3) is 0.667. The molecule has 2 saturated heterocycles. The second-order valence-corrected chi connectivity index (χ2v) is 5.82. The Kier molecular flexibility index (Phi) is 4.09. The van der Waals surface area contributed by atoms with Crippen molar-refractivity contribution in [3.63, 3.8) is 0 Å². The lowest BCUT2D eigenvalue weighted by atomic mass is 9.80. The Hall–Kier alpha value is -1.00. The van der Waals surface area contributed by atoms with Gasteiger partial charge in [0.15, 0.2) is 0 Å². The first-order valence-corrected chi connectivity index (χ1v) is 7.24. The first-order chi connectivity index (χ1) is 9.33. The van der Waals surface area contributed by atoms with Gasteiger partial charge in [0.05, 0.1) is 13.2 Å². The van der Waals surface area contributed by atoms with Crippen molar-refractivity contribution >= 4 is 0 Å². The molecule has 0 bridgehead atoms. The molecule has 103 valence electrons. The predicted molar refractivity (Wildman–Crippen MR) is 72.9 cm³/mol. The van der Waals surface area contributed by atoms with Crippen LogP contribution in [0.3, 0.4) is 0 Å². The van der Waals surface area contributed by atoms with Crippen LogP contribution in [-0.4, -0.2) is 34.6 Å². The average Bonchev–Trinajstić information content (AvgIpc) is 2.82. The van der Waals surface area contributed by atoms with E-state index < -0.39 is 0 Å². The highest BCUT2D eigenvalue weighted by Gasteiger charge is 2.36. The van der Waals surface area contributed by atoms with Crippen LogP contribution < -0.4 is 0 Å². The third-order valence-corrected chi connectivity index (χ3v) is 4.46. The molecule has 2 fully saturated rings. The van der Waals surface area contributed by atoms with E-state index in [0.29, 0.717) is 0 Å². The number of rotatable bonds is 3. The Labute approximate surface area is 115 Å². The Morgan fingerprint density at radius 3 is 2.89 bits per heavy atom. The summed E-state index contributed by atoms with van der Waals surface area (Å²) >= 11 is 0. The number of hydrogen-bond acceptors (Lipinski definition) is 4. The third kappa shape index (κ3) is 3.12. The van der Waals surface area contributed by atoms with E-state index in [2.05, 4.69) is 21.8 Å². The van der Waals surface area contributed by atoms with Gasteiger partial charge in [-0.2, -0.15) is 0 Å². The minimum absolute atomic E-state index is 0.764. The van der Waals surface area contributed by atoms with Gasteiger partial charge in [-0.05, 0) is 36.7 Å². The summed E-state index contributed by atoms with van der Waals surface area (Å²) in [5.41, 5.74) is 0. The van der Waals surface area contributed by atoms with Crippen molar-refractivity contribution in [2.45, 2.75) is 26.3 Å². The molecule has 3 heterocycles. The Balaban J connectivity index is 1.58. The molecule has 4 heteroatoms. The fourth-order valence-electron chi connectivity index (χ4n) is 3.45. The average molecular weight is 260 g/mol. The lowest BCUT2D eigenvalue weighted by Gasteiger charge is -2.29. The molecule has 2 aliphatic rings. The summed E-state index contributed by atoms with van der Waals surface area (Å²) in [6.07, 6.45) is 5.98. The number of hydrogen-bond donors (Lipinski definition) is 0. The van der Waals surface area contributed by atoms with Crippen LogP contribution in [0, 0.1) is 24.4 Å². The monoisotopic (exact) mass is 260 g/mol. The highest BCUT2D eigenvalue weighted by atomic mass is 16.5. The molecule has 1 unspecified atom stereocenters. The molecule has 3 rings (SSSR count). The molecular weight excluding hydrogens is 238 g/mol. The molecule has 0 N–H and O–H groups in total. The van der Waals surface area contributed by atoms with E-state index >= 15 is 0 Å². The number of ether oxygens (including phenoxy) is 1. The summed E-state index contributed by atoms with van der Waals surface area (Å²) < 4.78 is 5.36. The van der Waals surface area contributed by atoms with Crippen molar-refractivity contribution in [2.24, 2.45) is 17.8 Å². The van der Waals surface area contributed by atoms with Crippen LogP contribution in [0.15, 0.2) is 18.5 Å². The van der Waals surface area contributed by atoms with Crippen LogP contribution >= 0.6 is 0 Å². The lowest BCUT2D eigenvalue weighted by Crippen LogP contribution is -2.27. The van der Waals surface area contributed by atoms with Crippen molar-refractivity contribution < 1.29 is 4.74 Å². The smallest absolute Gasteiger partial charge is 0.142 e. The van der Waals surface area contributed by atoms with Crippen LogP contribution in [0.4, 0.5) is 0 Å². The van der Waals surface area contributed by atoms with Gasteiger partial charge in [-0.15, -0.1) is 0 Å². The van der Waals surface area contributed by atoms with Crippen molar-refractivity contribution in [3.05, 3.63) is 30.9 Å². The van der Waals surface area contributed by atoms with Crippen molar-refractivity contribution in [3.8, 4) is 0 Å². The second-order valence-electron chi connectivity index (χ2n) is 5.82. The summed E-state index contributed by atoms with van der Waals surface area (Å²) in [4.78, 5) is 11.2. The quantitative estimate of drug-likeness (QED) is 0.834. The minimum Gasteiger partial charge on any atom is -0.376 e. The number of likely N-dealkylation sites (tertiary alicyclic amines) is 1. The van der Waals surface area contributed by atoms with E-state index in [9.17, 15) is 0 Å². The van der Waals surface area contributed by atoms with Crippen LogP contribution in [-0.2, 0) is 11.3 Å². The molecule has 19 heavy (non-hydrogen) atoms. The molecule has 1 aromatic heterocycles. The van der Waals surface area contributed by atoms with Gasteiger partial charge in [-0.1, -0.05) is 6.92 Å². The predicted octanol–water partition coefficient (Wildman–Crippen LogP) is 2.13. The molecule has 4 nitrogen and oxygen atoms in total. The molecule has 0 aliphatic carbocycles. The molecule has 1 aromatic rings. The minimum atomic E-state index is 0.764. The molecule has 0 amide bonds. The van der Waals surface area contributed by atoms with Gasteiger partial charge < -0.3 is 4.74 Å². The number of nitrogens with zero attached hydrogens (tertiary/aromatic N) is 3. The van der Waals surface area contributed by atoms with E-state index in [4.69, 9.17) is 4.74 Å². The maximum Gasteiger partial charge on any atom is 0.142 e. The van der Waals surface area contributed by atoms with E-state index in [1.54, 1.807) is 0 Å². The first kappa shape index (κ1) is 13.0. The summed E-state index contributed by atoms with van der Waals surface area (Å²) in [6, 6.07) is 1.87. The van der Waals surface area contributed by atoms with Crippen molar-refractivity contribution in [2.75, 3.05) is 19.7 Å². The van der Waals surface area contributed by atoms with Gasteiger partial charge in [0, 0.05) is 32.1 Å². The standard InChI is InChI=1S/C15H22N3O/c1-12-9-18(11-15-16-5-2-6-17-15)10-14(12)13-3-7-19-8-4-13/h2,5-7,12-14H,3-4,8-11H2,1H3/t12-,13?,14-/m1/s1. The largest absolute Gasteiger partial charge is 0.376 e. The Morgan fingerprint density at radius 1 is 1.32 bits per heavy atom. The zero-order valence-corrected chi connectivity index (χ0v) is 11.5. The van der Waals surface area contributed by atoms with Gasteiger partial charge >= 0.3 is 0 Å². The molecule has 2 aliphatic heterocycles. The highest BCUT2D eigenvalue weighted by Crippen LogP contribution is 2.36. The summed E-state index contributed by atoms with van der Waals surface area (Å²) in [7, 11) is 0. The molecule has 0 spiro atoms. The fourth-order valence-corrected chi connectivity index (χ4v) is 3.45. The van der Waals surface area contributed by atoms with Gasteiger partial charge in [-0.25, -0.2) is 9.97 Å². The Bertz CT molecular complexity index is 392. The van der Waals surface area contributed by atoms with Gasteiger partial charge in [0.1, 0.15) is 5.82 Å². The zero-order chi connectivity index (χ0) is 13.1. The normalized spacial score (nSPS) is 29.7. The van der Waals surface area contributed by atoms with Crippen molar-refractivity contribution in [1.82, 2.24) is 14.9 Å². The SMILES string of the molecule is C[C@@H]1CN(Cc2ncccn2)C[C@H]1C1C[CH]OCC1.